The van der Waals surface area contributed by atoms with Crippen LogP contribution in [0.2, 0.25) is 0 Å². The van der Waals surface area contributed by atoms with Crippen molar-refractivity contribution in [3.8, 4) is 6.07 Å². The summed E-state index contributed by atoms with van der Waals surface area (Å²) in [6, 6.07) is 19.1. The number of allylic oxidation sites excluding steroid dienone is 2. The first-order valence-corrected chi connectivity index (χ1v) is 11.4. The van der Waals surface area contributed by atoms with Crippen molar-refractivity contribution in [2.45, 2.75) is 19.8 Å². The second kappa shape index (κ2) is 11.2. The summed E-state index contributed by atoms with van der Waals surface area (Å²) in [6.45, 7) is 7.40. The first-order chi connectivity index (χ1) is 15.9. The number of esters is 1. The third-order valence-electron chi connectivity index (χ3n) is 5.02. The Balaban J connectivity index is 1.86. The number of nitrogens with one attached hydrogen (secondary N) is 2. The lowest BCUT2D eigenvalue weighted by molar-refractivity contribution is -0.138. The fourth-order valence-corrected chi connectivity index (χ4v) is 4.35. The fraction of sp³-hybridized carbons (Fsp3) is 0.192. The number of benzene rings is 2. The van der Waals surface area contributed by atoms with Gasteiger partial charge in [-0.05, 0) is 31.5 Å². The van der Waals surface area contributed by atoms with E-state index in [9.17, 15) is 14.9 Å². The average Bonchev–Trinajstić information content (AvgIpc) is 2.82. The molecule has 1 atom stereocenters. The highest BCUT2D eigenvalue weighted by Crippen LogP contribution is 2.40. The molecule has 1 amide bonds. The number of hydrogen-bond donors (Lipinski definition) is 2. The van der Waals surface area contributed by atoms with E-state index in [1.54, 1.807) is 6.92 Å². The highest BCUT2D eigenvalue weighted by Gasteiger charge is 2.35. The fourth-order valence-electron chi connectivity index (χ4n) is 3.46. The molecule has 0 bridgehead atoms. The predicted molar refractivity (Wildman–Crippen MR) is 131 cm³/mol. The second-order valence-electron chi connectivity index (χ2n) is 7.45. The molecule has 0 fully saturated rings. The standard InChI is InChI=1S/C26H25N3O3S/c1-4-14-32-26(31)23-18(3)28-25(21(15-27)24(23)19-8-6-5-7-9-19)33-16-22(30)29-20-12-10-17(2)11-13-20/h4-13,24,28H,1,14,16H2,2-3H3,(H,29,30). The number of amides is 1. The maximum Gasteiger partial charge on any atom is 0.337 e. The summed E-state index contributed by atoms with van der Waals surface area (Å²) >= 11 is 1.23. The minimum absolute atomic E-state index is 0.0729. The van der Waals surface area contributed by atoms with Crippen molar-refractivity contribution in [3.63, 3.8) is 0 Å². The van der Waals surface area contributed by atoms with E-state index in [1.165, 1.54) is 17.8 Å². The molecule has 1 unspecified atom stereocenters. The van der Waals surface area contributed by atoms with Crippen LogP contribution in [0.3, 0.4) is 0 Å². The van der Waals surface area contributed by atoms with Crippen LogP contribution in [0.5, 0.6) is 0 Å². The van der Waals surface area contributed by atoms with Crippen LogP contribution in [-0.2, 0) is 14.3 Å². The Bertz CT molecular complexity index is 1150. The normalized spacial score (nSPS) is 15.4. The number of dihydropyridines is 1. The largest absolute Gasteiger partial charge is 0.458 e. The zero-order valence-corrected chi connectivity index (χ0v) is 19.4. The number of thioether (sulfide) groups is 1. The van der Waals surface area contributed by atoms with Crippen LogP contribution in [0.1, 0.15) is 24.0 Å². The Morgan fingerprint density at radius 3 is 2.52 bits per heavy atom. The van der Waals surface area contributed by atoms with Crippen molar-refractivity contribution in [2.75, 3.05) is 17.7 Å². The van der Waals surface area contributed by atoms with E-state index in [-0.39, 0.29) is 18.3 Å². The molecule has 2 N–H and O–H groups in total. The number of hydrogen-bond acceptors (Lipinski definition) is 6. The van der Waals surface area contributed by atoms with E-state index in [1.807, 2.05) is 61.5 Å². The molecule has 0 aliphatic carbocycles. The van der Waals surface area contributed by atoms with E-state index >= 15 is 0 Å². The Kier molecular flexibility index (Phi) is 8.11. The van der Waals surface area contributed by atoms with Gasteiger partial charge in [0.15, 0.2) is 0 Å². The van der Waals surface area contributed by atoms with Gasteiger partial charge in [-0.3, -0.25) is 4.79 Å². The summed E-state index contributed by atoms with van der Waals surface area (Å²) < 4.78 is 5.30. The van der Waals surface area contributed by atoms with Crippen LogP contribution in [0.25, 0.3) is 0 Å². The van der Waals surface area contributed by atoms with Crippen molar-refractivity contribution in [1.82, 2.24) is 5.32 Å². The van der Waals surface area contributed by atoms with Gasteiger partial charge in [0.2, 0.25) is 5.91 Å². The van der Waals surface area contributed by atoms with Crippen LogP contribution in [-0.4, -0.2) is 24.2 Å². The van der Waals surface area contributed by atoms with E-state index < -0.39 is 11.9 Å². The van der Waals surface area contributed by atoms with Gasteiger partial charge in [0.05, 0.1) is 33.9 Å². The molecule has 33 heavy (non-hydrogen) atoms. The smallest absolute Gasteiger partial charge is 0.337 e. The number of carbonyl (C=O) groups is 2. The molecular formula is C26H25N3O3S. The van der Waals surface area contributed by atoms with Gasteiger partial charge in [-0.2, -0.15) is 5.26 Å². The second-order valence-corrected chi connectivity index (χ2v) is 8.44. The minimum atomic E-state index is -0.600. The Hall–Kier alpha value is -3.76. The number of nitriles is 1. The third kappa shape index (κ3) is 5.93. The van der Waals surface area contributed by atoms with E-state index in [0.29, 0.717) is 27.6 Å². The van der Waals surface area contributed by atoms with Crippen molar-refractivity contribution in [3.05, 3.63) is 100 Å². The number of nitrogens with zero attached hydrogens (tertiary/aromatic N) is 1. The maximum atomic E-state index is 12.8. The zero-order chi connectivity index (χ0) is 23.8. The Morgan fingerprint density at radius 2 is 1.88 bits per heavy atom. The molecule has 0 saturated carbocycles. The molecule has 1 heterocycles. The van der Waals surface area contributed by atoms with E-state index in [0.717, 1.165) is 11.1 Å². The van der Waals surface area contributed by atoms with Crippen LogP contribution in [0.15, 0.2) is 89.1 Å². The van der Waals surface area contributed by atoms with E-state index in [2.05, 4.69) is 23.3 Å². The molecule has 1 aliphatic heterocycles. The first kappa shape index (κ1) is 23.9. The number of anilines is 1. The average molecular weight is 460 g/mol. The van der Waals surface area contributed by atoms with Gasteiger partial charge in [0, 0.05) is 11.4 Å². The molecule has 0 spiro atoms. The molecule has 168 valence electrons. The Morgan fingerprint density at radius 1 is 1.18 bits per heavy atom. The van der Waals surface area contributed by atoms with Crippen LogP contribution >= 0.6 is 11.8 Å². The monoisotopic (exact) mass is 459 g/mol. The summed E-state index contributed by atoms with van der Waals surface area (Å²) in [7, 11) is 0. The van der Waals surface area contributed by atoms with Crippen molar-refractivity contribution in [1.29, 1.82) is 5.26 Å². The van der Waals surface area contributed by atoms with Crippen LogP contribution < -0.4 is 10.6 Å². The molecule has 2 aromatic rings. The van der Waals surface area contributed by atoms with Gasteiger partial charge < -0.3 is 15.4 Å². The lowest BCUT2D eigenvalue weighted by Gasteiger charge is -2.29. The number of carbonyl (C=O) groups excluding carboxylic acids is 2. The molecule has 3 rings (SSSR count). The van der Waals surface area contributed by atoms with Gasteiger partial charge in [0.25, 0.3) is 0 Å². The number of aryl methyl sites for hydroxylation is 1. The summed E-state index contributed by atoms with van der Waals surface area (Å²) in [5.41, 5.74) is 3.93. The third-order valence-corrected chi connectivity index (χ3v) is 6.03. The van der Waals surface area contributed by atoms with E-state index in [4.69, 9.17) is 4.74 Å². The van der Waals surface area contributed by atoms with Crippen molar-refractivity contribution in [2.24, 2.45) is 0 Å². The SMILES string of the molecule is C=CCOC(=O)C1=C(C)NC(SCC(=O)Nc2ccc(C)cc2)=C(C#N)C1c1ccccc1. The molecular weight excluding hydrogens is 434 g/mol. The Labute approximate surface area is 198 Å². The van der Waals surface area contributed by atoms with Gasteiger partial charge in [-0.1, -0.05) is 72.4 Å². The first-order valence-electron chi connectivity index (χ1n) is 10.4. The number of rotatable bonds is 8. The molecule has 0 saturated heterocycles. The van der Waals surface area contributed by atoms with Gasteiger partial charge in [-0.25, -0.2) is 4.79 Å². The quantitative estimate of drug-likeness (QED) is 0.436. The maximum absolute atomic E-state index is 12.8. The highest BCUT2D eigenvalue weighted by molar-refractivity contribution is 8.03. The van der Waals surface area contributed by atoms with Crippen molar-refractivity contribution < 1.29 is 14.3 Å². The van der Waals surface area contributed by atoms with Crippen LogP contribution in [0.4, 0.5) is 5.69 Å². The molecule has 0 aromatic heterocycles. The summed E-state index contributed by atoms with van der Waals surface area (Å²) in [5.74, 6) is -1.20. The molecule has 2 aromatic carbocycles. The summed E-state index contributed by atoms with van der Waals surface area (Å²) in [6.07, 6.45) is 1.50. The zero-order valence-electron chi connectivity index (χ0n) is 18.6. The lowest BCUT2D eigenvalue weighted by atomic mass is 9.82. The molecule has 0 radical (unpaired) electrons. The van der Waals surface area contributed by atoms with Gasteiger partial charge in [0.1, 0.15) is 6.61 Å². The van der Waals surface area contributed by atoms with Gasteiger partial charge in [-0.15, -0.1) is 0 Å². The van der Waals surface area contributed by atoms with Crippen molar-refractivity contribution >= 4 is 29.3 Å². The topological polar surface area (TPSA) is 91.2 Å². The number of ether oxygens (including phenoxy) is 1. The summed E-state index contributed by atoms with van der Waals surface area (Å²) in [5, 5.41) is 16.6. The van der Waals surface area contributed by atoms with Crippen LogP contribution in [0, 0.1) is 18.3 Å². The predicted octanol–water partition coefficient (Wildman–Crippen LogP) is 4.79. The molecule has 1 aliphatic rings. The minimum Gasteiger partial charge on any atom is -0.458 e. The molecule has 7 heteroatoms. The van der Waals surface area contributed by atoms with Gasteiger partial charge >= 0.3 is 5.97 Å². The summed E-state index contributed by atoms with van der Waals surface area (Å²) in [4.78, 5) is 25.3. The molecule has 6 nitrogen and oxygen atoms in total. The lowest BCUT2D eigenvalue weighted by Crippen LogP contribution is -2.29. The highest BCUT2D eigenvalue weighted by atomic mass is 32.2.